The Morgan fingerprint density at radius 3 is 2.57 bits per heavy atom. The number of thiocarbonyl (C=S) groups is 1. The molecular formula is C9H6N2O2S. The molecule has 0 heterocycles. The molecule has 0 fully saturated rings. The van der Waals surface area contributed by atoms with Crippen LogP contribution in [0.25, 0.3) is 6.08 Å². The molecule has 1 aromatic rings. The highest BCUT2D eigenvalue weighted by atomic mass is 32.1. The van der Waals surface area contributed by atoms with Gasteiger partial charge in [-0.2, -0.15) is 0 Å². The lowest BCUT2D eigenvalue weighted by molar-refractivity contribution is -0.384. The van der Waals surface area contributed by atoms with Gasteiger partial charge in [0.15, 0.2) is 0 Å². The highest BCUT2D eigenvalue weighted by Gasteiger charge is 2.01. The second-order valence-corrected chi connectivity index (χ2v) is 2.57. The van der Waals surface area contributed by atoms with Gasteiger partial charge in [0, 0.05) is 18.3 Å². The van der Waals surface area contributed by atoms with E-state index in [2.05, 4.69) is 22.4 Å². The average molecular weight is 206 g/mol. The van der Waals surface area contributed by atoms with Crippen molar-refractivity contribution in [1.82, 2.24) is 0 Å². The summed E-state index contributed by atoms with van der Waals surface area (Å²) >= 11 is 4.37. The molecular weight excluding hydrogens is 200 g/mol. The quantitative estimate of drug-likeness (QED) is 0.330. The summed E-state index contributed by atoms with van der Waals surface area (Å²) in [7, 11) is 0. The Morgan fingerprint density at radius 2 is 2.07 bits per heavy atom. The highest BCUT2D eigenvalue weighted by Crippen LogP contribution is 2.12. The number of nitrogens with zero attached hydrogens (tertiary/aromatic N) is 2. The van der Waals surface area contributed by atoms with Crippen molar-refractivity contribution in [3.05, 3.63) is 46.1 Å². The second-order valence-electron chi connectivity index (χ2n) is 2.38. The van der Waals surface area contributed by atoms with Crippen molar-refractivity contribution in [3.63, 3.8) is 0 Å². The number of aliphatic imine (C=N–C) groups is 1. The second kappa shape index (κ2) is 5.01. The van der Waals surface area contributed by atoms with Crippen molar-refractivity contribution in [3.8, 4) is 0 Å². The molecule has 0 aliphatic heterocycles. The molecule has 1 aromatic carbocycles. The third kappa shape index (κ3) is 2.90. The van der Waals surface area contributed by atoms with Crippen LogP contribution in [0.3, 0.4) is 0 Å². The van der Waals surface area contributed by atoms with E-state index in [1.165, 1.54) is 18.3 Å². The summed E-state index contributed by atoms with van der Waals surface area (Å²) in [5.74, 6) is 0. The van der Waals surface area contributed by atoms with Crippen molar-refractivity contribution in [2.24, 2.45) is 4.99 Å². The van der Waals surface area contributed by atoms with Crippen LogP contribution in [0.2, 0.25) is 0 Å². The summed E-state index contributed by atoms with van der Waals surface area (Å²) in [6, 6.07) is 6.13. The van der Waals surface area contributed by atoms with E-state index in [9.17, 15) is 10.1 Å². The van der Waals surface area contributed by atoms with E-state index in [1.807, 2.05) is 0 Å². The minimum atomic E-state index is -0.442. The van der Waals surface area contributed by atoms with Gasteiger partial charge < -0.3 is 0 Å². The number of benzene rings is 1. The van der Waals surface area contributed by atoms with Gasteiger partial charge >= 0.3 is 0 Å². The number of hydrogen-bond acceptors (Lipinski definition) is 4. The third-order valence-electron chi connectivity index (χ3n) is 1.50. The van der Waals surface area contributed by atoms with Gasteiger partial charge in [0.1, 0.15) is 0 Å². The number of rotatable bonds is 3. The molecule has 70 valence electrons. The van der Waals surface area contributed by atoms with Crippen LogP contribution in [0.4, 0.5) is 5.69 Å². The summed E-state index contributed by atoms with van der Waals surface area (Å²) in [6.45, 7) is 0. The minimum Gasteiger partial charge on any atom is -0.258 e. The van der Waals surface area contributed by atoms with Crippen LogP contribution in [0.15, 0.2) is 35.5 Å². The number of nitro groups is 1. The molecule has 0 aliphatic carbocycles. The molecule has 0 atom stereocenters. The van der Waals surface area contributed by atoms with Crippen LogP contribution in [-0.4, -0.2) is 10.1 Å². The Bertz CT molecular complexity index is 405. The largest absolute Gasteiger partial charge is 0.269 e. The summed E-state index contributed by atoms with van der Waals surface area (Å²) < 4.78 is 0. The zero-order valence-corrected chi connectivity index (χ0v) is 7.90. The fourth-order valence-corrected chi connectivity index (χ4v) is 0.922. The third-order valence-corrected chi connectivity index (χ3v) is 1.60. The molecule has 0 spiro atoms. The molecule has 14 heavy (non-hydrogen) atoms. The van der Waals surface area contributed by atoms with Crippen molar-refractivity contribution in [2.75, 3.05) is 0 Å². The fraction of sp³-hybridized carbons (Fsp3) is 0. The maximum Gasteiger partial charge on any atom is 0.269 e. The maximum absolute atomic E-state index is 10.3. The van der Waals surface area contributed by atoms with Crippen molar-refractivity contribution in [1.29, 1.82) is 0 Å². The van der Waals surface area contributed by atoms with E-state index < -0.39 is 4.92 Å². The summed E-state index contributed by atoms with van der Waals surface area (Å²) in [5, 5.41) is 12.5. The smallest absolute Gasteiger partial charge is 0.258 e. The van der Waals surface area contributed by atoms with Crippen LogP contribution in [0.1, 0.15) is 5.56 Å². The highest BCUT2D eigenvalue weighted by molar-refractivity contribution is 7.78. The van der Waals surface area contributed by atoms with Gasteiger partial charge in [0.25, 0.3) is 5.69 Å². The summed E-state index contributed by atoms with van der Waals surface area (Å²) in [4.78, 5) is 13.5. The molecule has 0 saturated heterocycles. The first-order valence-electron chi connectivity index (χ1n) is 3.72. The first-order chi connectivity index (χ1) is 6.74. The fourth-order valence-electron chi connectivity index (χ4n) is 0.861. The Morgan fingerprint density at radius 1 is 1.43 bits per heavy atom. The SMILES string of the molecule is O=[N+]([O-])c1ccc(/C=C\N=C=S)cc1. The molecule has 4 nitrogen and oxygen atoms in total. The van der Waals surface area contributed by atoms with Gasteiger partial charge in [-0.1, -0.05) is 0 Å². The van der Waals surface area contributed by atoms with E-state index in [1.54, 1.807) is 18.2 Å². The van der Waals surface area contributed by atoms with Crippen LogP contribution in [0, 0.1) is 10.1 Å². The molecule has 0 unspecified atom stereocenters. The van der Waals surface area contributed by atoms with E-state index in [-0.39, 0.29) is 5.69 Å². The summed E-state index contributed by atoms with van der Waals surface area (Å²) in [6.07, 6.45) is 3.16. The molecule has 0 aliphatic rings. The summed E-state index contributed by atoms with van der Waals surface area (Å²) in [5.41, 5.74) is 0.894. The first kappa shape index (κ1) is 10.2. The predicted octanol–water partition coefficient (Wildman–Crippen LogP) is 2.67. The van der Waals surface area contributed by atoms with Crippen LogP contribution >= 0.6 is 12.2 Å². The van der Waals surface area contributed by atoms with E-state index in [4.69, 9.17) is 0 Å². The van der Waals surface area contributed by atoms with Crippen LogP contribution in [-0.2, 0) is 0 Å². The van der Waals surface area contributed by atoms with Gasteiger partial charge in [-0.3, -0.25) is 10.1 Å². The van der Waals surface area contributed by atoms with E-state index >= 15 is 0 Å². The van der Waals surface area contributed by atoms with Crippen LogP contribution < -0.4 is 0 Å². The zero-order chi connectivity index (χ0) is 10.4. The van der Waals surface area contributed by atoms with Gasteiger partial charge in [-0.15, -0.1) is 0 Å². The lowest BCUT2D eigenvalue weighted by Crippen LogP contribution is -1.86. The lowest BCUT2D eigenvalue weighted by atomic mass is 10.2. The lowest BCUT2D eigenvalue weighted by Gasteiger charge is -1.91. The van der Waals surface area contributed by atoms with E-state index in [0.717, 1.165) is 5.56 Å². The topological polar surface area (TPSA) is 55.5 Å². The maximum atomic E-state index is 10.3. The van der Waals surface area contributed by atoms with Gasteiger partial charge in [-0.05, 0) is 36.0 Å². The number of isothiocyanates is 1. The minimum absolute atomic E-state index is 0.0699. The van der Waals surface area contributed by atoms with Gasteiger partial charge in [-0.25, -0.2) is 4.99 Å². The van der Waals surface area contributed by atoms with Gasteiger partial charge in [0.2, 0.25) is 0 Å². The molecule has 0 saturated carbocycles. The van der Waals surface area contributed by atoms with E-state index in [0.29, 0.717) is 0 Å². The number of non-ortho nitro benzene ring substituents is 1. The molecule has 0 N–H and O–H groups in total. The predicted molar refractivity (Wildman–Crippen MR) is 57.2 cm³/mol. The Hall–Kier alpha value is -1.84. The monoisotopic (exact) mass is 206 g/mol. The Labute approximate surface area is 85.7 Å². The number of hydrogen-bond donors (Lipinski definition) is 0. The standard InChI is InChI=1S/C9H6N2O2S/c12-11(13)9-3-1-8(2-4-9)5-6-10-7-14/h1-6H/b6-5-. The zero-order valence-electron chi connectivity index (χ0n) is 7.08. The van der Waals surface area contributed by atoms with Gasteiger partial charge in [0.05, 0.1) is 10.1 Å². The molecule has 5 heteroatoms. The van der Waals surface area contributed by atoms with Crippen LogP contribution in [0.5, 0.6) is 0 Å². The number of nitro benzene ring substituents is 1. The Kier molecular flexibility index (Phi) is 3.67. The molecule has 0 aromatic heterocycles. The normalized spacial score (nSPS) is 9.71. The van der Waals surface area contributed by atoms with Crippen molar-refractivity contribution < 1.29 is 4.92 Å². The Balaban J connectivity index is 2.83. The molecule has 0 amide bonds. The average Bonchev–Trinajstić information content (AvgIpc) is 2.19. The molecule has 0 bridgehead atoms. The first-order valence-corrected chi connectivity index (χ1v) is 4.13. The van der Waals surface area contributed by atoms with Crippen molar-refractivity contribution >= 4 is 29.1 Å². The van der Waals surface area contributed by atoms with Crippen molar-refractivity contribution in [2.45, 2.75) is 0 Å². The molecule has 1 rings (SSSR count). The molecule has 0 radical (unpaired) electrons.